The van der Waals surface area contributed by atoms with Crippen LogP contribution >= 0.6 is 0 Å². The fourth-order valence-corrected chi connectivity index (χ4v) is 2.92. The number of ether oxygens (including phenoxy) is 2. The maximum Gasteiger partial charge on any atom is 0.224 e. The molecule has 1 heterocycles. The Labute approximate surface area is 170 Å². The molecule has 2 N–H and O–H groups in total. The smallest absolute Gasteiger partial charge is 0.224 e. The number of benzene rings is 2. The van der Waals surface area contributed by atoms with E-state index in [2.05, 4.69) is 20.6 Å². The van der Waals surface area contributed by atoms with Gasteiger partial charge in [-0.2, -0.15) is 4.98 Å². The van der Waals surface area contributed by atoms with Gasteiger partial charge in [-0.05, 0) is 48.2 Å². The molecule has 0 aliphatic rings. The molecule has 0 fully saturated rings. The van der Waals surface area contributed by atoms with E-state index >= 15 is 0 Å². The summed E-state index contributed by atoms with van der Waals surface area (Å²) in [4.78, 5) is 8.69. The Bertz CT molecular complexity index is 936. The summed E-state index contributed by atoms with van der Waals surface area (Å²) in [5.41, 5.74) is 1.80. The molecule has 1 aromatic heterocycles. The van der Waals surface area contributed by atoms with E-state index in [1.807, 2.05) is 24.3 Å². The van der Waals surface area contributed by atoms with Crippen LogP contribution in [0, 0.1) is 5.82 Å². The quantitative estimate of drug-likeness (QED) is 0.541. The second-order valence-electron chi connectivity index (χ2n) is 6.40. The number of anilines is 2. The van der Waals surface area contributed by atoms with Crippen molar-refractivity contribution in [3.8, 4) is 11.5 Å². The van der Waals surface area contributed by atoms with Gasteiger partial charge in [-0.1, -0.05) is 24.3 Å². The van der Waals surface area contributed by atoms with Gasteiger partial charge in [0.15, 0.2) is 11.5 Å². The Kier molecular flexibility index (Phi) is 7.22. The Morgan fingerprint density at radius 2 is 1.69 bits per heavy atom. The highest BCUT2D eigenvalue weighted by Gasteiger charge is 2.05. The lowest BCUT2D eigenvalue weighted by molar-refractivity contribution is 0.354. The van der Waals surface area contributed by atoms with Gasteiger partial charge < -0.3 is 20.1 Å². The van der Waals surface area contributed by atoms with E-state index in [0.717, 1.165) is 12.0 Å². The van der Waals surface area contributed by atoms with Crippen LogP contribution in [-0.4, -0.2) is 37.3 Å². The van der Waals surface area contributed by atoms with Crippen molar-refractivity contribution < 1.29 is 13.9 Å². The number of aromatic nitrogens is 2. The fourth-order valence-electron chi connectivity index (χ4n) is 2.92. The SMILES string of the molecule is COc1ccc(CCNc2nccc(NCCc3ccccc3F)n2)cc1OC. The van der Waals surface area contributed by atoms with Crippen LogP contribution in [0.15, 0.2) is 54.7 Å². The molecule has 0 radical (unpaired) electrons. The van der Waals surface area contributed by atoms with Gasteiger partial charge in [0, 0.05) is 19.3 Å². The van der Waals surface area contributed by atoms with Crippen LogP contribution in [0.3, 0.4) is 0 Å². The molecule has 0 bridgehead atoms. The van der Waals surface area contributed by atoms with Gasteiger partial charge in [0.25, 0.3) is 0 Å². The standard InChI is InChI=1S/C22H25FN4O2/c1-28-19-8-7-16(15-20(19)29-2)9-12-25-22-26-14-11-21(27-22)24-13-10-17-5-3-4-6-18(17)23/h3-8,11,14-15H,9-10,12-13H2,1-2H3,(H2,24,25,26,27). The molecule has 0 aliphatic heterocycles. The minimum absolute atomic E-state index is 0.186. The zero-order valence-corrected chi connectivity index (χ0v) is 16.6. The maximum atomic E-state index is 13.7. The minimum atomic E-state index is -0.186. The molecule has 29 heavy (non-hydrogen) atoms. The van der Waals surface area contributed by atoms with Crippen molar-refractivity contribution in [1.82, 2.24) is 9.97 Å². The lowest BCUT2D eigenvalue weighted by atomic mass is 10.1. The third-order valence-electron chi connectivity index (χ3n) is 4.46. The number of nitrogens with zero attached hydrogens (tertiary/aromatic N) is 2. The van der Waals surface area contributed by atoms with Gasteiger partial charge in [0.1, 0.15) is 11.6 Å². The summed E-state index contributed by atoms with van der Waals surface area (Å²) in [6, 6.07) is 14.4. The molecule has 0 saturated heterocycles. The number of halogens is 1. The average molecular weight is 396 g/mol. The van der Waals surface area contributed by atoms with Crippen LogP contribution in [0.2, 0.25) is 0 Å². The summed E-state index contributed by atoms with van der Waals surface area (Å²) in [6.07, 6.45) is 3.06. The molecule has 0 unspecified atom stereocenters. The van der Waals surface area contributed by atoms with Gasteiger partial charge in [-0.25, -0.2) is 9.37 Å². The summed E-state index contributed by atoms with van der Waals surface area (Å²) < 4.78 is 24.3. The van der Waals surface area contributed by atoms with Crippen molar-refractivity contribution in [2.24, 2.45) is 0 Å². The van der Waals surface area contributed by atoms with E-state index in [1.165, 1.54) is 6.07 Å². The molecule has 0 saturated carbocycles. The Morgan fingerprint density at radius 1 is 0.897 bits per heavy atom. The first kappa shape index (κ1) is 20.4. The monoisotopic (exact) mass is 396 g/mol. The number of hydrogen-bond donors (Lipinski definition) is 2. The van der Waals surface area contributed by atoms with Crippen molar-refractivity contribution in [3.63, 3.8) is 0 Å². The first-order chi connectivity index (χ1) is 14.2. The molecule has 3 aromatic rings. The molecule has 0 spiro atoms. The lowest BCUT2D eigenvalue weighted by Gasteiger charge is -2.11. The van der Waals surface area contributed by atoms with Crippen LogP contribution in [-0.2, 0) is 12.8 Å². The topological polar surface area (TPSA) is 68.3 Å². The molecular weight excluding hydrogens is 371 g/mol. The normalized spacial score (nSPS) is 10.4. The summed E-state index contributed by atoms with van der Waals surface area (Å²) in [5, 5.41) is 6.43. The Hall–Kier alpha value is -3.35. The third-order valence-corrected chi connectivity index (χ3v) is 4.46. The second-order valence-corrected chi connectivity index (χ2v) is 6.40. The van der Waals surface area contributed by atoms with Gasteiger partial charge >= 0.3 is 0 Å². The molecule has 6 nitrogen and oxygen atoms in total. The number of hydrogen-bond acceptors (Lipinski definition) is 6. The summed E-state index contributed by atoms with van der Waals surface area (Å²) in [5.74, 6) is 2.48. The zero-order valence-electron chi connectivity index (χ0n) is 16.6. The van der Waals surface area contributed by atoms with Crippen LogP contribution in [0.1, 0.15) is 11.1 Å². The van der Waals surface area contributed by atoms with Crippen molar-refractivity contribution in [2.75, 3.05) is 37.9 Å². The van der Waals surface area contributed by atoms with Crippen molar-refractivity contribution in [1.29, 1.82) is 0 Å². The predicted octanol–water partition coefficient (Wildman–Crippen LogP) is 3.94. The molecular formula is C22H25FN4O2. The molecule has 152 valence electrons. The van der Waals surface area contributed by atoms with Gasteiger partial charge in [-0.3, -0.25) is 0 Å². The lowest BCUT2D eigenvalue weighted by Crippen LogP contribution is -2.11. The number of rotatable bonds is 10. The minimum Gasteiger partial charge on any atom is -0.493 e. The zero-order chi connectivity index (χ0) is 20.5. The maximum absolute atomic E-state index is 13.7. The van der Waals surface area contributed by atoms with Gasteiger partial charge in [-0.15, -0.1) is 0 Å². The Balaban J connectivity index is 1.49. The predicted molar refractivity (Wildman–Crippen MR) is 112 cm³/mol. The first-order valence-electron chi connectivity index (χ1n) is 9.44. The molecule has 3 rings (SSSR count). The van der Waals surface area contributed by atoms with Crippen LogP contribution < -0.4 is 20.1 Å². The first-order valence-corrected chi connectivity index (χ1v) is 9.44. The van der Waals surface area contributed by atoms with Crippen LogP contribution in [0.25, 0.3) is 0 Å². The van der Waals surface area contributed by atoms with Crippen molar-refractivity contribution in [2.45, 2.75) is 12.8 Å². The number of methoxy groups -OCH3 is 2. The van der Waals surface area contributed by atoms with E-state index in [-0.39, 0.29) is 5.82 Å². The summed E-state index contributed by atoms with van der Waals surface area (Å²) >= 11 is 0. The highest BCUT2D eigenvalue weighted by Crippen LogP contribution is 2.27. The highest BCUT2D eigenvalue weighted by atomic mass is 19.1. The van der Waals surface area contributed by atoms with E-state index in [1.54, 1.807) is 38.6 Å². The van der Waals surface area contributed by atoms with Crippen molar-refractivity contribution >= 4 is 11.8 Å². The van der Waals surface area contributed by atoms with Crippen molar-refractivity contribution in [3.05, 3.63) is 71.7 Å². The van der Waals surface area contributed by atoms with E-state index in [9.17, 15) is 4.39 Å². The van der Waals surface area contributed by atoms with Crippen LogP contribution in [0.4, 0.5) is 16.2 Å². The summed E-state index contributed by atoms with van der Waals surface area (Å²) in [7, 11) is 3.24. The molecule has 0 aliphatic carbocycles. The number of nitrogens with one attached hydrogen (secondary N) is 2. The van der Waals surface area contributed by atoms with Gasteiger partial charge in [0.05, 0.1) is 14.2 Å². The third kappa shape index (κ3) is 5.81. The van der Waals surface area contributed by atoms with Crippen LogP contribution in [0.5, 0.6) is 11.5 Å². The van der Waals surface area contributed by atoms with E-state index in [4.69, 9.17) is 9.47 Å². The summed E-state index contributed by atoms with van der Waals surface area (Å²) in [6.45, 7) is 1.26. The second kappa shape index (κ2) is 10.3. The van der Waals surface area contributed by atoms with Gasteiger partial charge in [0.2, 0.25) is 5.95 Å². The van der Waals surface area contributed by atoms with E-state index < -0.39 is 0 Å². The molecule has 0 amide bonds. The molecule has 2 aromatic carbocycles. The molecule has 7 heteroatoms. The molecule has 0 atom stereocenters. The average Bonchev–Trinajstić information content (AvgIpc) is 2.75. The highest BCUT2D eigenvalue weighted by molar-refractivity contribution is 5.43. The fraction of sp³-hybridized carbons (Fsp3) is 0.273. The Morgan fingerprint density at radius 3 is 2.48 bits per heavy atom. The van der Waals surface area contributed by atoms with E-state index in [0.29, 0.717) is 48.3 Å². The largest absolute Gasteiger partial charge is 0.493 e.